The van der Waals surface area contributed by atoms with Crippen LogP contribution in [0.1, 0.15) is 15.9 Å². The first-order valence-corrected chi connectivity index (χ1v) is 10.5. The van der Waals surface area contributed by atoms with E-state index >= 15 is 0 Å². The van der Waals surface area contributed by atoms with Crippen molar-refractivity contribution in [3.8, 4) is 0 Å². The number of alkyl halides is 3. The van der Waals surface area contributed by atoms with E-state index in [1.165, 1.54) is 24.1 Å². The number of methoxy groups -OCH3 is 1. The van der Waals surface area contributed by atoms with Crippen molar-refractivity contribution in [2.45, 2.75) is 12.3 Å². The fourth-order valence-electron chi connectivity index (χ4n) is 3.47. The molecular weight excluding hydrogens is 439 g/mol. The summed E-state index contributed by atoms with van der Waals surface area (Å²) in [5, 5.41) is 2.81. The minimum Gasteiger partial charge on any atom is -0.383 e. The molecule has 1 N–H and O–H groups in total. The smallest absolute Gasteiger partial charge is 0.383 e. The van der Waals surface area contributed by atoms with Gasteiger partial charge in [0.05, 0.1) is 31.4 Å². The molecule has 10 heteroatoms. The summed E-state index contributed by atoms with van der Waals surface area (Å²) in [6, 6.07) is 13.0. The molecule has 0 radical (unpaired) electrons. The molecule has 1 unspecified atom stereocenters. The number of urea groups is 1. The van der Waals surface area contributed by atoms with Crippen molar-refractivity contribution in [2.75, 3.05) is 51.8 Å². The van der Waals surface area contributed by atoms with E-state index in [1.54, 1.807) is 17.0 Å². The summed E-state index contributed by atoms with van der Waals surface area (Å²) in [4.78, 5) is 28.6. The topological polar surface area (TPSA) is 71.1 Å². The van der Waals surface area contributed by atoms with Crippen LogP contribution >= 0.6 is 0 Å². The van der Waals surface area contributed by atoms with E-state index in [1.807, 2.05) is 18.2 Å². The molecule has 0 aliphatic carbocycles. The molecular formula is C23H26F3N3O4. The van der Waals surface area contributed by atoms with Gasteiger partial charge in [-0.05, 0) is 30.3 Å². The van der Waals surface area contributed by atoms with Crippen molar-refractivity contribution < 1.29 is 32.2 Å². The maximum atomic E-state index is 13.1. The van der Waals surface area contributed by atoms with Crippen LogP contribution in [0.25, 0.3) is 0 Å². The summed E-state index contributed by atoms with van der Waals surface area (Å²) in [5.74, 6) is -0.562. The van der Waals surface area contributed by atoms with Crippen LogP contribution in [0.5, 0.6) is 0 Å². The van der Waals surface area contributed by atoms with Gasteiger partial charge in [-0.1, -0.05) is 24.3 Å². The monoisotopic (exact) mass is 465 g/mol. The predicted molar refractivity (Wildman–Crippen MR) is 116 cm³/mol. The Morgan fingerprint density at radius 2 is 1.94 bits per heavy atom. The lowest BCUT2D eigenvalue weighted by atomic mass is 10.1. The number of morpholine rings is 1. The van der Waals surface area contributed by atoms with Gasteiger partial charge in [-0.15, -0.1) is 0 Å². The van der Waals surface area contributed by atoms with Crippen LogP contribution in [0, 0.1) is 0 Å². The fraction of sp³-hybridized carbons (Fsp3) is 0.391. The Hall–Kier alpha value is -3.11. The number of carbonyl (C=O) groups excluding carboxylic acids is 2. The lowest BCUT2D eigenvalue weighted by molar-refractivity contribution is -0.137. The van der Waals surface area contributed by atoms with Gasteiger partial charge in [-0.2, -0.15) is 13.2 Å². The summed E-state index contributed by atoms with van der Waals surface area (Å²) in [6.45, 7) is 1.38. The number of carbonyl (C=O) groups is 2. The molecule has 7 nitrogen and oxygen atoms in total. The minimum atomic E-state index is -4.55. The largest absolute Gasteiger partial charge is 0.416 e. The van der Waals surface area contributed by atoms with Gasteiger partial charge in [0.2, 0.25) is 0 Å². The molecule has 1 aliphatic heterocycles. The van der Waals surface area contributed by atoms with E-state index < -0.39 is 23.8 Å². The molecule has 0 spiro atoms. The van der Waals surface area contributed by atoms with Crippen molar-refractivity contribution in [2.24, 2.45) is 0 Å². The molecule has 1 atom stereocenters. The van der Waals surface area contributed by atoms with Crippen molar-refractivity contribution in [1.29, 1.82) is 0 Å². The van der Waals surface area contributed by atoms with Crippen molar-refractivity contribution in [1.82, 2.24) is 9.80 Å². The first-order chi connectivity index (χ1) is 15.8. The minimum absolute atomic E-state index is 0.0737. The Morgan fingerprint density at radius 3 is 2.64 bits per heavy atom. The van der Waals surface area contributed by atoms with Crippen LogP contribution < -0.4 is 5.32 Å². The van der Waals surface area contributed by atoms with E-state index in [9.17, 15) is 22.8 Å². The van der Waals surface area contributed by atoms with Crippen LogP contribution in [0.3, 0.4) is 0 Å². The number of rotatable bonds is 7. The Labute approximate surface area is 190 Å². The third kappa shape index (κ3) is 6.93. The second-order valence-electron chi connectivity index (χ2n) is 7.56. The molecule has 0 bridgehead atoms. The van der Waals surface area contributed by atoms with Crippen LogP contribution in [-0.4, -0.2) is 74.3 Å². The molecule has 0 saturated carbocycles. The summed E-state index contributed by atoms with van der Waals surface area (Å²) < 4.78 is 50.0. The number of ether oxygens (including phenoxy) is 2. The number of halogens is 3. The standard InChI is InChI=1S/C23H26F3N3O4/c1-32-12-10-28(21(30)17-6-5-7-18(14-17)23(24,25)26)15-20-16-29(11-13-33-20)22(31)27-19-8-3-2-4-9-19/h2-9,14,20H,10-13,15-16H2,1H3,(H,27,31). The number of benzene rings is 2. The Kier molecular flexibility index (Phi) is 8.29. The lowest BCUT2D eigenvalue weighted by Crippen LogP contribution is -2.52. The van der Waals surface area contributed by atoms with Gasteiger partial charge < -0.3 is 24.6 Å². The third-order valence-corrected chi connectivity index (χ3v) is 5.16. The average molecular weight is 465 g/mol. The van der Waals surface area contributed by atoms with Crippen LogP contribution in [0.2, 0.25) is 0 Å². The molecule has 3 amide bonds. The lowest BCUT2D eigenvalue weighted by Gasteiger charge is -2.35. The summed E-state index contributed by atoms with van der Waals surface area (Å²) in [7, 11) is 1.47. The Bertz CT molecular complexity index is 940. The van der Waals surface area contributed by atoms with Gasteiger partial charge in [0.1, 0.15) is 0 Å². The number of hydrogen-bond donors (Lipinski definition) is 1. The first kappa shape index (κ1) is 24.5. The van der Waals surface area contributed by atoms with Gasteiger partial charge in [-0.25, -0.2) is 4.79 Å². The third-order valence-electron chi connectivity index (χ3n) is 5.16. The highest BCUT2D eigenvalue weighted by atomic mass is 19.4. The van der Waals surface area contributed by atoms with Gasteiger partial charge >= 0.3 is 12.2 Å². The highest BCUT2D eigenvalue weighted by Crippen LogP contribution is 2.29. The zero-order valence-corrected chi connectivity index (χ0v) is 18.2. The number of hydrogen-bond acceptors (Lipinski definition) is 4. The fourth-order valence-corrected chi connectivity index (χ4v) is 3.47. The molecule has 2 aromatic rings. The van der Waals surface area contributed by atoms with Crippen molar-refractivity contribution in [3.05, 3.63) is 65.7 Å². The second kappa shape index (κ2) is 11.2. The van der Waals surface area contributed by atoms with Crippen molar-refractivity contribution in [3.63, 3.8) is 0 Å². The maximum absolute atomic E-state index is 13.1. The molecule has 1 saturated heterocycles. The molecule has 2 aromatic carbocycles. The van der Waals surface area contributed by atoms with Gasteiger partial charge in [0.15, 0.2) is 0 Å². The van der Waals surface area contributed by atoms with E-state index in [4.69, 9.17) is 9.47 Å². The quantitative estimate of drug-likeness (QED) is 0.677. The van der Waals surface area contributed by atoms with E-state index in [2.05, 4.69) is 5.32 Å². The summed E-state index contributed by atoms with van der Waals surface area (Å²) in [6.07, 6.45) is -5.04. The van der Waals surface area contributed by atoms with Gasteiger partial charge in [-0.3, -0.25) is 4.79 Å². The highest BCUT2D eigenvalue weighted by Gasteiger charge is 2.32. The molecule has 178 valence electrons. The average Bonchev–Trinajstić information content (AvgIpc) is 2.81. The second-order valence-corrected chi connectivity index (χ2v) is 7.56. The van der Waals surface area contributed by atoms with Crippen LogP contribution in [-0.2, 0) is 15.7 Å². The number of nitrogens with zero attached hydrogens (tertiary/aromatic N) is 2. The van der Waals surface area contributed by atoms with Gasteiger partial charge in [0.25, 0.3) is 5.91 Å². The van der Waals surface area contributed by atoms with E-state index in [0.29, 0.717) is 12.2 Å². The normalized spacial score (nSPS) is 16.4. The molecule has 3 rings (SSSR count). The van der Waals surface area contributed by atoms with Crippen molar-refractivity contribution >= 4 is 17.6 Å². The zero-order chi connectivity index (χ0) is 23.8. The Balaban J connectivity index is 1.68. The summed E-state index contributed by atoms with van der Waals surface area (Å²) in [5.41, 5.74) is -0.305. The van der Waals surface area contributed by atoms with Crippen LogP contribution in [0.15, 0.2) is 54.6 Å². The SMILES string of the molecule is COCCN(CC1CN(C(=O)Nc2ccccc2)CCO1)C(=O)c1cccc(C(F)(F)F)c1. The molecule has 1 heterocycles. The van der Waals surface area contributed by atoms with E-state index in [0.717, 1.165) is 12.1 Å². The predicted octanol–water partition coefficient (Wildman–Crippen LogP) is 3.73. The molecule has 33 heavy (non-hydrogen) atoms. The summed E-state index contributed by atoms with van der Waals surface area (Å²) >= 11 is 0. The number of para-hydroxylation sites is 1. The Morgan fingerprint density at radius 1 is 1.18 bits per heavy atom. The zero-order valence-electron chi connectivity index (χ0n) is 18.2. The number of amides is 3. The molecule has 0 aromatic heterocycles. The van der Waals surface area contributed by atoms with Crippen LogP contribution in [0.4, 0.5) is 23.7 Å². The maximum Gasteiger partial charge on any atom is 0.416 e. The first-order valence-electron chi connectivity index (χ1n) is 10.5. The van der Waals surface area contributed by atoms with Gasteiger partial charge in [0, 0.05) is 38.0 Å². The molecule has 1 fully saturated rings. The highest BCUT2D eigenvalue weighted by molar-refractivity contribution is 5.94. The number of nitrogens with one attached hydrogen (secondary N) is 1. The molecule has 1 aliphatic rings. The van der Waals surface area contributed by atoms with E-state index in [-0.39, 0.29) is 44.4 Å². The number of anilines is 1.